The topological polar surface area (TPSA) is 12.0 Å². The van der Waals surface area contributed by atoms with Crippen molar-refractivity contribution in [2.45, 2.75) is 19.5 Å². The molecule has 0 aromatic heterocycles. The van der Waals surface area contributed by atoms with Crippen molar-refractivity contribution in [1.29, 1.82) is 0 Å². The van der Waals surface area contributed by atoms with Crippen LogP contribution in [0.3, 0.4) is 0 Å². The van der Waals surface area contributed by atoms with E-state index in [9.17, 15) is 0 Å². The van der Waals surface area contributed by atoms with Crippen molar-refractivity contribution in [3.63, 3.8) is 0 Å². The predicted octanol–water partition coefficient (Wildman–Crippen LogP) is 2.35. The van der Waals surface area contributed by atoms with E-state index in [1.807, 2.05) is 12.1 Å². The minimum Gasteiger partial charge on any atom is -0.307 e. The van der Waals surface area contributed by atoms with Crippen LogP contribution in [0.1, 0.15) is 12.5 Å². The van der Waals surface area contributed by atoms with Crippen LogP contribution in [0.15, 0.2) is 43.0 Å². The highest BCUT2D eigenvalue weighted by atomic mass is 14.9. The summed E-state index contributed by atoms with van der Waals surface area (Å²) in [5, 5.41) is 3.33. The van der Waals surface area contributed by atoms with E-state index in [1.165, 1.54) is 5.56 Å². The Morgan fingerprint density at radius 2 is 2.08 bits per heavy atom. The molecule has 1 aromatic carbocycles. The standard InChI is InChI=1S/C11H15N/c1-3-10(2)12-9-11-7-5-4-6-8-11/h3-8,10,12H,1,9H2,2H3/t10-/m0/s1. The van der Waals surface area contributed by atoms with E-state index in [-0.39, 0.29) is 0 Å². The Balaban J connectivity index is 2.38. The lowest BCUT2D eigenvalue weighted by molar-refractivity contribution is 0.634. The average Bonchev–Trinajstić information content (AvgIpc) is 2.16. The van der Waals surface area contributed by atoms with E-state index in [0.29, 0.717) is 6.04 Å². The van der Waals surface area contributed by atoms with E-state index in [4.69, 9.17) is 0 Å². The fraction of sp³-hybridized carbons (Fsp3) is 0.273. The lowest BCUT2D eigenvalue weighted by Gasteiger charge is -2.08. The summed E-state index contributed by atoms with van der Waals surface area (Å²) < 4.78 is 0. The minimum absolute atomic E-state index is 0.380. The molecular weight excluding hydrogens is 146 g/mol. The van der Waals surface area contributed by atoms with E-state index in [1.54, 1.807) is 0 Å². The van der Waals surface area contributed by atoms with Crippen molar-refractivity contribution in [3.8, 4) is 0 Å². The number of hydrogen-bond donors (Lipinski definition) is 1. The molecule has 0 heterocycles. The third kappa shape index (κ3) is 2.89. The molecule has 1 rings (SSSR count). The monoisotopic (exact) mass is 161 g/mol. The van der Waals surface area contributed by atoms with E-state index in [2.05, 4.69) is 43.1 Å². The molecule has 1 nitrogen and oxygen atoms in total. The molecule has 0 aliphatic carbocycles. The lowest BCUT2D eigenvalue weighted by atomic mass is 10.2. The Labute approximate surface area is 74.1 Å². The van der Waals surface area contributed by atoms with Gasteiger partial charge in [-0.1, -0.05) is 36.4 Å². The van der Waals surface area contributed by atoms with Gasteiger partial charge in [0.1, 0.15) is 0 Å². The maximum absolute atomic E-state index is 3.71. The first kappa shape index (κ1) is 9.01. The van der Waals surface area contributed by atoms with Gasteiger partial charge in [-0.05, 0) is 12.5 Å². The normalized spacial score (nSPS) is 12.4. The number of rotatable bonds is 4. The molecule has 0 spiro atoms. The Hall–Kier alpha value is -1.08. The third-order valence-corrected chi connectivity index (χ3v) is 1.82. The van der Waals surface area contributed by atoms with Gasteiger partial charge in [-0.3, -0.25) is 0 Å². The number of benzene rings is 1. The molecule has 12 heavy (non-hydrogen) atoms. The molecule has 0 bridgehead atoms. The third-order valence-electron chi connectivity index (χ3n) is 1.82. The van der Waals surface area contributed by atoms with E-state index in [0.717, 1.165) is 6.54 Å². The van der Waals surface area contributed by atoms with Gasteiger partial charge < -0.3 is 5.32 Å². The molecule has 1 aromatic rings. The molecular formula is C11H15N. The van der Waals surface area contributed by atoms with Crippen LogP contribution in [0.25, 0.3) is 0 Å². The van der Waals surface area contributed by atoms with Crippen LogP contribution >= 0.6 is 0 Å². The van der Waals surface area contributed by atoms with Gasteiger partial charge in [0, 0.05) is 12.6 Å². The zero-order chi connectivity index (χ0) is 8.81. The van der Waals surface area contributed by atoms with Gasteiger partial charge in [0.15, 0.2) is 0 Å². The molecule has 0 radical (unpaired) electrons. The van der Waals surface area contributed by atoms with Crippen LogP contribution in [-0.4, -0.2) is 6.04 Å². The fourth-order valence-electron chi connectivity index (χ4n) is 0.958. The van der Waals surface area contributed by atoms with Crippen molar-refractivity contribution in [3.05, 3.63) is 48.6 Å². The van der Waals surface area contributed by atoms with Crippen LogP contribution < -0.4 is 5.32 Å². The Kier molecular flexibility index (Phi) is 3.55. The molecule has 1 atom stereocenters. The summed E-state index contributed by atoms with van der Waals surface area (Å²) in [5.74, 6) is 0. The number of nitrogens with one attached hydrogen (secondary N) is 1. The van der Waals surface area contributed by atoms with E-state index >= 15 is 0 Å². The van der Waals surface area contributed by atoms with Gasteiger partial charge in [0.2, 0.25) is 0 Å². The first-order valence-corrected chi connectivity index (χ1v) is 4.23. The van der Waals surface area contributed by atoms with Crippen LogP contribution in [0.2, 0.25) is 0 Å². The largest absolute Gasteiger partial charge is 0.307 e. The second-order valence-corrected chi connectivity index (χ2v) is 2.89. The SMILES string of the molecule is C=C[C@H](C)NCc1ccccc1. The summed E-state index contributed by atoms with van der Waals surface area (Å²) in [5.41, 5.74) is 1.31. The minimum atomic E-state index is 0.380. The highest BCUT2D eigenvalue weighted by molar-refractivity contribution is 5.14. The summed E-state index contributed by atoms with van der Waals surface area (Å²) >= 11 is 0. The van der Waals surface area contributed by atoms with Gasteiger partial charge in [-0.25, -0.2) is 0 Å². The molecule has 64 valence electrons. The second kappa shape index (κ2) is 4.73. The first-order valence-electron chi connectivity index (χ1n) is 4.23. The lowest BCUT2D eigenvalue weighted by Crippen LogP contribution is -2.22. The highest BCUT2D eigenvalue weighted by Gasteiger charge is 1.94. The summed E-state index contributed by atoms with van der Waals surface area (Å²) in [6.07, 6.45) is 1.91. The summed E-state index contributed by atoms with van der Waals surface area (Å²) in [6, 6.07) is 10.7. The summed E-state index contributed by atoms with van der Waals surface area (Å²) in [6.45, 7) is 6.71. The molecule has 0 fully saturated rings. The molecule has 0 saturated heterocycles. The van der Waals surface area contributed by atoms with Gasteiger partial charge in [0.05, 0.1) is 0 Å². The van der Waals surface area contributed by atoms with Crippen molar-refractivity contribution in [2.75, 3.05) is 0 Å². The van der Waals surface area contributed by atoms with Crippen molar-refractivity contribution in [1.82, 2.24) is 5.32 Å². The Morgan fingerprint density at radius 1 is 1.42 bits per heavy atom. The molecule has 0 unspecified atom stereocenters. The van der Waals surface area contributed by atoms with Crippen molar-refractivity contribution >= 4 is 0 Å². The van der Waals surface area contributed by atoms with Crippen LogP contribution in [0.5, 0.6) is 0 Å². The Morgan fingerprint density at radius 3 is 2.67 bits per heavy atom. The Bertz CT molecular complexity index is 228. The zero-order valence-electron chi connectivity index (χ0n) is 7.46. The van der Waals surface area contributed by atoms with Crippen molar-refractivity contribution in [2.24, 2.45) is 0 Å². The molecule has 1 N–H and O–H groups in total. The maximum atomic E-state index is 3.71. The highest BCUT2D eigenvalue weighted by Crippen LogP contribution is 1.97. The first-order chi connectivity index (χ1) is 5.83. The average molecular weight is 161 g/mol. The molecule has 1 heteroatoms. The quantitative estimate of drug-likeness (QED) is 0.668. The maximum Gasteiger partial charge on any atom is 0.0222 e. The predicted molar refractivity (Wildman–Crippen MR) is 52.9 cm³/mol. The molecule has 0 aliphatic rings. The van der Waals surface area contributed by atoms with Gasteiger partial charge >= 0.3 is 0 Å². The number of hydrogen-bond acceptors (Lipinski definition) is 1. The smallest absolute Gasteiger partial charge is 0.0222 e. The van der Waals surface area contributed by atoms with Crippen LogP contribution in [0, 0.1) is 0 Å². The fourth-order valence-corrected chi connectivity index (χ4v) is 0.958. The molecule has 0 saturated carbocycles. The van der Waals surface area contributed by atoms with Gasteiger partial charge in [-0.2, -0.15) is 0 Å². The second-order valence-electron chi connectivity index (χ2n) is 2.89. The van der Waals surface area contributed by atoms with E-state index < -0.39 is 0 Å². The molecule has 0 amide bonds. The van der Waals surface area contributed by atoms with Crippen LogP contribution in [0.4, 0.5) is 0 Å². The summed E-state index contributed by atoms with van der Waals surface area (Å²) in [7, 11) is 0. The summed E-state index contributed by atoms with van der Waals surface area (Å²) in [4.78, 5) is 0. The van der Waals surface area contributed by atoms with Gasteiger partial charge in [0.25, 0.3) is 0 Å². The van der Waals surface area contributed by atoms with Gasteiger partial charge in [-0.15, -0.1) is 6.58 Å². The zero-order valence-corrected chi connectivity index (χ0v) is 7.46. The molecule has 0 aliphatic heterocycles. The van der Waals surface area contributed by atoms with Crippen LogP contribution in [-0.2, 0) is 6.54 Å². The van der Waals surface area contributed by atoms with Crippen molar-refractivity contribution < 1.29 is 0 Å².